The number of aliphatic imine (C=N–C) groups is 1. The molecule has 0 aromatic carbocycles. The second-order valence-corrected chi connectivity index (χ2v) is 2.98. The highest BCUT2D eigenvalue weighted by molar-refractivity contribution is 5.83. The molecule has 17 heavy (non-hydrogen) atoms. The van der Waals surface area contributed by atoms with E-state index in [-0.39, 0.29) is 12.8 Å². The van der Waals surface area contributed by atoms with Crippen molar-refractivity contribution in [3.63, 3.8) is 0 Å². The number of carbonyl (C=O) groups excluding carboxylic acids is 2. The Labute approximate surface area is 96.3 Å². The van der Waals surface area contributed by atoms with Crippen LogP contribution in [0.1, 0.15) is 19.8 Å². The first kappa shape index (κ1) is 14.7. The molecule has 0 aliphatic rings. The Kier molecular flexibility index (Phi) is 6.08. The van der Waals surface area contributed by atoms with Crippen LogP contribution in [-0.4, -0.2) is 35.0 Å². The average Bonchev–Trinajstić information content (AvgIpc) is 2.19. The van der Waals surface area contributed by atoms with Crippen molar-refractivity contribution in [1.82, 2.24) is 0 Å². The van der Waals surface area contributed by atoms with Gasteiger partial charge in [0.1, 0.15) is 0 Å². The van der Waals surface area contributed by atoms with Gasteiger partial charge in [0.2, 0.25) is 0 Å². The van der Waals surface area contributed by atoms with Gasteiger partial charge in [-0.25, -0.2) is 24.4 Å². The zero-order valence-corrected chi connectivity index (χ0v) is 9.08. The van der Waals surface area contributed by atoms with Gasteiger partial charge in [-0.05, 0) is 6.42 Å². The van der Waals surface area contributed by atoms with E-state index in [0.29, 0.717) is 0 Å². The lowest BCUT2D eigenvalue weighted by Crippen LogP contribution is -2.30. The molecular weight excluding hydrogens is 234 g/mol. The Morgan fingerprint density at radius 3 is 2.29 bits per heavy atom. The Hall–Kier alpha value is -2.32. The first-order valence-electron chi connectivity index (χ1n) is 4.52. The maximum Gasteiger partial charge on any atom is 0.379 e. The molecule has 0 heterocycles. The molecule has 0 spiro atoms. The molecule has 9 nitrogen and oxygen atoms in total. The second kappa shape index (κ2) is 7.04. The van der Waals surface area contributed by atoms with Gasteiger partial charge >= 0.3 is 17.9 Å². The maximum atomic E-state index is 11.3. The highest BCUT2D eigenvalue weighted by Crippen LogP contribution is 2.05. The third-order valence-corrected chi connectivity index (χ3v) is 1.45. The molecule has 5 N–H and O–H groups in total. The van der Waals surface area contributed by atoms with Crippen LogP contribution in [0.3, 0.4) is 0 Å². The van der Waals surface area contributed by atoms with Crippen LogP contribution in [0.2, 0.25) is 0 Å². The van der Waals surface area contributed by atoms with Crippen molar-refractivity contribution >= 4 is 23.9 Å². The van der Waals surface area contributed by atoms with Crippen LogP contribution < -0.4 is 11.5 Å². The number of nitrogens with two attached hydrogens (primary N) is 2. The molecule has 0 fully saturated rings. The lowest BCUT2D eigenvalue weighted by atomic mass is 10.2. The van der Waals surface area contributed by atoms with Crippen molar-refractivity contribution in [1.29, 1.82) is 0 Å². The second-order valence-electron chi connectivity index (χ2n) is 2.98. The van der Waals surface area contributed by atoms with Gasteiger partial charge in [0.15, 0.2) is 12.0 Å². The predicted molar refractivity (Wildman–Crippen MR) is 54.3 cm³/mol. The van der Waals surface area contributed by atoms with E-state index in [9.17, 15) is 14.4 Å². The first-order valence-corrected chi connectivity index (χ1v) is 4.52. The fraction of sp³-hybridized carbons (Fsp3) is 0.500. The molecule has 0 aliphatic carbocycles. The highest BCUT2D eigenvalue weighted by atomic mass is 17.2. The number of hydrogen-bond donors (Lipinski definition) is 3. The third-order valence-electron chi connectivity index (χ3n) is 1.45. The molecule has 96 valence electrons. The summed E-state index contributed by atoms with van der Waals surface area (Å²) < 4.78 is 0. The van der Waals surface area contributed by atoms with Crippen molar-refractivity contribution in [2.24, 2.45) is 16.5 Å². The summed E-state index contributed by atoms with van der Waals surface area (Å²) in [5, 5.41) is 8.45. The van der Waals surface area contributed by atoms with Crippen molar-refractivity contribution in [3.05, 3.63) is 0 Å². The van der Waals surface area contributed by atoms with Crippen LogP contribution in [0.5, 0.6) is 0 Å². The van der Waals surface area contributed by atoms with E-state index in [0.717, 1.165) is 6.92 Å². The molecule has 0 aromatic rings. The number of hydrogen-bond acceptors (Lipinski definition) is 6. The van der Waals surface area contributed by atoms with Gasteiger partial charge in [-0.3, -0.25) is 4.79 Å². The molecule has 9 heteroatoms. The number of nitrogens with zero attached hydrogens (tertiary/aromatic N) is 1. The highest BCUT2D eigenvalue weighted by Gasteiger charge is 2.22. The number of carbonyl (C=O) groups is 3. The van der Waals surface area contributed by atoms with Gasteiger partial charge in [-0.15, -0.1) is 0 Å². The van der Waals surface area contributed by atoms with Crippen molar-refractivity contribution < 1.29 is 29.3 Å². The molecular formula is C8H13N3O6. The zero-order chi connectivity index (χ0) is 13.4. The Bertz CT molecular complexity index is 336. The number of carboxylic acids is 1. The van der Waals surface area contributed by atoms with E-state index in [2.05, 4.69) is 14.8 Å². The van der Waals surface area contributed by atoms with Crippen LogP contribution in [-0.2, 0) is 24.2 Å². The van der Waals surface area contributed by atoms with Gasteiger partial charge in [-0.1, -0.05) is 0 Å². The van der Waals surface area contributed by atoms with Crippen molar-refractivity contribution in [3.8, 4) is 0 Å². The Morgan fingerprint density at radius 2 is 1.88 bits per heavy atom. The van der Waals surface area contributed by atoms with E-state index in [4.69, 9.17) is 16.6 Å². The largest absolute Gasteiger partial charge is 0.481 e. The smallest absolute Gasteiger partial charge is 0.379 e. The van der Waals surface area contributed by atoms with Gasteiger partial charge in [0, 0.05) is 13.3 Å². The molecule has 0 aromatic heterocycles. The van der Waals surface area contributed by atoms with Crippen LogP contribution >= 0.6 is 0 Å². The van der Waals surface area contributed by atoms with Crippen LogP contribution in [0.15, 0.2) is 4.99 Å². The van der Waals surface area contributed by atoms with Crippen LogP contribution in [0, 0.1) is 0 Å². The van der Waals surface area contributed by atoms with Crippen LogP contribution in [0.4, 0.5) is 0 Å². The quantitative estimate of drug-likeness (QED) is 0.230. The minimum atomic E-state index is -1.23. The van der Waals surface area contributed by atoms with Crippen molar-refractivity contribution in [2.75, 3.05) is 0 Å². The minimum Gasteiger partial charge on any atom is -0.481 e. The number of guanidine groups is 1. The molecule has 0 rings (SSSR count). The fourth-order valence-electron chi connectivity index (χ4n) is 0.831. The first-order chi connectivity index (χ1) is 7.82. The average molecular weight is 247 g/mol. The third kappa shape index (κ3) is 7.59. The predicted octanol–water partition coefficient (Wildman–Crippen LogP) is -1.49. The van der Waals surface area contributed by atoms with E-state index in [1.807, 2.05) is 0 Å². The molecule has 1 atom stereocenters. The number of aliphatic carboxylic acids is 1. The summed E-state index contributed by atoms with van der Waals surface area (Å²) in [6.45, 7) is 1.03. The zero-order valence-electron chi connectivity index (χ0n) is 9.08. The van der Waals surface area contributed by atoms with E-state index in [1.54, 1.807) is 0 Å². The van der Waals surface area contributed by atoms with Gasteiger partial charge in [0.05, 0.1) is 0 Å². The lowest BCUT2D eigenvalue weighted by molar-refractivity contribution is -0.258. The van der Waals surface area contributed by atoms with Gasteiger partial charge in [-0.2, -0.15) is 0 Å². The van der Waals surface area contributed by atoms with Crippen molar-refractivity contribution in [2.45, 2.75) is 25.8 Å². The SMILES string of the molecule is CC(=O)OOC(=O)[C@@H](CCC(=O)O)N=C(N)N. The standard InChI is InChI=1S/C8H13N3O6/c1-4(12)16-17-7(15)5(11-8(9)10)2-3-6(13)14/h5H,2-3H2,1H3,(H,13,14)(H4,9,10,11)/t5-/m1/s1. The summed E-state index contributed by atoms with van der Waals surface area (Å²) in [6, 6.07) is -1.23. The Morgan fingerprint density at radius 1 is 1.29 bits per heavy atom. The normalized spacial score (nSPS) is 11.1. The summed E-state index contributed by atoms with van der Waals surface area (Å²) in [5.41, 5.74) is 10.1. The topological polar surface area (TPSA) is 154 Å². The van der Waals surface area contributed by atoms with Crippen LogP contribution in [0.25, 0.3) is 0 Å². The summed E-state index contributed by atoms with van der Waals surface area (Å²) >= 11 is 0. The number of rotatable bonds is 5. The lowest BCUT2D eigenvalue weighted by Gasteiger charge is -2.09. The fourth-order valence-corrected chi connectivity index (χ4v) is 0.831. The van der Waals surface area contributed by atoms with E-state index in [1.165, 1.54) is 0 Å². The van der Waals surface area contributed by atoms with Gasteiger partial charge in [0.25, 0.3) is 0 Å². The summed E-state index contributed by atoms with van der Waals surface area (Å²) in [4.78, 5) is 43.6. The van der Waals surface area contributed by atoms with E-state index >= 15 is 0 Å². The molecule has 0 radical (unpaired) electrons. The molecule has 0 saturated carbocycles. The monoisotopic (exact) mass is 247 g/mol. The minimum absolute atomic E-state index is 0.173. The molecule has 0 saturated heterocycles. The number of carboxylic acid groups (broad SMARTS) is 1. The molecule has 0 amide bonds. The Balaban J connectivity index is 4.45. The summed E-state index contributed by atoms with van der Waals surface area (Å²) in [5.74, 6) is -3.41. The summed E-state index contributed by atoms with van der Waals surface area (Å²) in [7, 11) is 0. The molecule has 0 aliphatic heterocycles. The van der Waals surface area contributed by atoms with Gasteiger partial charge < -0.3 is 16.6 Å². The summed E-state index contributed by atoms with van der Waals surface area (Å²) in [6.07, 6.45) is -0.510. The maximum absolute atomic E-state index is 11.3. The van der Waals surface area contributed by atoms with E-state index < -0.39 is 29.9 Å². The molecule has 0 bridgehead atoms. The molecule has 0 unspecified atom stereocenters.